The zero-order valence-corrected chi connectivity index (χ0v) is 10.6. The van der Waals surface area contributed by atoms with Crippen LogP contribution in [-0.4, -0.2) is 43.4 Å². The lowest BCUT2D eigenvalue weighted by Crippen LogP contribution is -2.50. The number of carboxylic acid groups (broad SMARTS) is 1. The van der Waals surface area contributed by atoms with Gasteiger partial charge in [0.05, 0.1) is 7.05 Å². The SMILES string of the molecule is Cn1nnc(NC(=O)NC(C(=O)O)C(C)(C)C)n1. The molecule has 0 aliphatic carbocycles. The molecule has 1 aromatic heterocycles. The molecule has 1 rings (SSSR count). The molecular weight excluding hydrogens is 240 g/mol. The Bertz CT molecular complexity index is 449. The fourth-order valence-corrected chi connectivity index (χ4v) is 1.25. The summed E-state index contributed by atoms with van der Waals surface area (Å²) in [7, 11) is 1.55. The number of aromatic nitrogens is 4. The Labute approximate surface area is 104 Å². The fourth-order valence-electron chi connectivity index (χ4n) is 1.25. The second-order valence-electron chi connectivity index (χ2n) is 4.84. The first-order valence-electron chi connectivity index (χ1n) is 5.24. The van der Waals surface area contributed by atoms with Gasteiger partial charge in [0.25, 0.3) is 5.95 Å². The van der Waals surface area contributed by atoms with Crippen LogP contribution in [0.2, 0.25) is 0 Å². The van der Waals surface area contributed by atoms with Crippen molar-refractivity contribution in [3.8, 4) is 0 Å². The lowest BCUT2D eigenvalue weighted by Gasteiger charge is -2.27. The van der Waals surface area contributed by atoms with E-state index >= 15 is 0 Å². The van der Waals surface area contributed by atoms with Crippen LogP contribution in [0, 0.1) is 5.41 Å². The lowest BCUT2D eigenvalue weighted by atomic mass is 9.87. The number of rotatable bonds is 3. The van der Waals surface area contributed by atoms with E-state index in [1.54, 1.807) is 27.8 Å². The number of anilines is 1. The maximum atomic E-state index is 11.6. The van der Waals surface area contributed by atoms with Crippen LogP contribution in [0.1, 0.15) is 20.8 Å². The summed E-state index contributed by atoms with van der Waals surface area (Å²) >= 11 is 0. The zero-order chi connectivity index (χ0) is 13.9. The Hall–Kier alpha value is -2.19. The average molecular weight is 256 g/mol. The van der Waals surface area contributed by atoms with Crippen molar-refractivity contribution in [2.75, 3.05) is 5.32 Å². The lowest BCUT2D eigenvalue weighted by molar-refractivity contribution is -0.141. The van der Waals surface area contributed by atoms with Crippen LogP contribution in [0.3, 0.4) is 0 Å². The first-order valence-corrected chi connectivity index (χ1v) is 5.24. The van der Waals surface area contributed by atoms with Crippen molar-refractivity contribution in [1.29, 1.82) is 0 Å². The van der Waals surface area contributed by atoms with Crippen molar-refractivity contribution in [1.82, 2.24) is 25.5 Å². The number of aryl methyl sites for hydroxylation is 1. The minimum absolute atomic E-state index is 0.00745. The number of aliphatic carboxylic acids is 1. The molecule has 9 heteroatoms. The van der Waals surface area contributed by atoms with Crippen molar-refractivity contribution >= 4 is 17.9 Å². The largest absolute Gasteiger partial charge is 0.480 e. The summed E-state index contributed by atoms with van der Waals surface area (Å²) in [5, 5.41) is 24.5. The van der Waals surface area contributed by atoms with Gasteiger partial charge in [0.1, 0.15) is 6.04 Å². The minimum Gasteiger partial charge on any atom is -0.480 e. The highest BCUT2D eigenvalue weighted by Gasteiger charge is 2.32. The minimum atomic E-state index is -1.11. The smallest absolute Gasteiger partial charge is 0.326 e. The molecule has 0 bridgehead atoms. The summed E-state index contributed by atoms with van der Waals surface area (Å²) in [6, 6.07) is -1.71. The third-order valence-corrected chi connectivity index (χ3v) is 2.12. The summed E-state index contributed by atoms with van der Waals surface area (Å²) in [5.74, 6) is -1.10. The third-order valence-electron chi connectivity index (χ3n) is 2.12. The zero-order valence-electron chi connectivity index (χ0n) is 10.6. The van der Waals surface area contributed by atoms with Gasteiger partial charge in [-0.25, -0.2) is 9.59 Å². The van der Waals surface area contributed by atoms with E-state index in [-0.39, 0.29) is 5.95 Å². The Kier molecular flexibility index (Phi) is 3.84. The van der Waals surface area contributed by atoms with Crippen LogP contribution >= 0.6 is 0 Å². The second-order valence-corrected chi connectivity index (χ2v) is 4.84. The van der Waals surface area contributed by atoms with Gasteiger partial charge >= 0.3 is 12.0 Å². The number of carboxylic acids is 1. The molecule has 1 unspecified atom stereocenters. The van der Waals surface area contributed by atoms with Crippen molar-refractivity contribution in [3.05, 3.63) is 0 Å². The number of amides is 2. The molecule has 0 fully saturated rings. The van der Waals surface area contributed by atoms with Gasteiger partial charge in [-0.2, -0.15) is 4.80 Å². The van der Waals surface area contributed by atoms with Gasteiger partial charge in [-0.1, -0.05) is 25.9 Å². The number of carbonyl (C=O) groups excluding carboxylic acids is 1. The van der Waals surface area contributed by atoms with E-state index in [0.29, 0.717) is 0 Å². The molecule has 1 atom stereocenters. The van der Waals surface area contributed by atoms with Crippen molar-refractivity contribution < 1.29 is 14.7 Å². The molecule has 9 nitrogen and oxygen atoms in total. The normalized spacial score (nSPS) is 12.9. The molecule has 0 aliphatic rings. The van der Waals surface area contributed by atoms with E-state index in [9.17, 15) is 9.59 Å². The number of tetrazole rings is 1. The molecule has 0 spiro atoms. The first kappa shape index (κ1) is 13.9. The molecule has 0 saturated heterocycles. The highest BCUT2D eigenvalue weighted by Crippen LogP contribution is 2.19. The van der Waals surface area contributed by atoms with Crippen molar-refractivity contribution in [2.45, 2.75) is 26.8 Å². The van der Waals surface area contributed by atoms with E-state index in [1.165, 1.54) is 4.80 Å². The number of carbonyl (C=O) groups is 2. The van der Waals surface area contributed by atoms with Gasteiger partial charge in [0.15, 0.2) is 0 Å². The highest BCUT2D eigenvalue weighted by atomic mass is 16.4. The Balaban J connectivity index is 2.65. The van der Waals surface area contributed by atoms with Gasteiger partial charge < -0.3 is 10.4 Å². The molecule has 18 heavy (non-hydrogen) atoms. The molecular formula is C9H16N6O3. The molecule has 100 valence electrons. The Morgan fingerprint density at radius 1 is 1.39 bits per heavy atom. The number of hydrogen-bond donors (Lipinski definition) is 3. The quantitative estimate of drug-likeness (QED) is 0.690. The molecule has 2 amide bonds. The standard InChI is InChI=1S/C9H16N6O3/c1-9(2,3)5(6(16)17)10-8(18)11-7-12-14-15(4)13-7/h5H,1-4H3,(H,16,17)(H2,10,11,13,18). The third kappa shape index (κ3) is 3.68. The first-order chi connectivity index (χ1) is 8.20. The van der Waals surface area contributed by atoms with Crippen LogP contribution in [0.15, 0.2) is 0 Å². The second kappa shape index (κ2) is 4.98. The van der Waals surface area contributed by atoms with E-state index < -0.39 is 23.5 Å². The summed E-state index contributed by atoms with van der Waals surface area (Å²) in [5.41, 5.74) is -0.612. The summed E-state index contributed by atoms with van der Waals surface area (Å²) in [4.78, 5) is 23.8. The molecule has 0 aliphatic heterocycles. The van der Waals surface area contributed by atoms with Crippen LogP contribution < -0.4 is 10.6 Å². The summed E-state index contributed by atoms with van der Waals surface area (Å²) < 4.78 is 0. The Morgan fingerprint density at radius 3 is 2.39 bits per heavy atom. The topological polar surface area (TPSA) is 122 Å². The number of nitrogens with one attached hydrogen (secondary N) is 2. The van der Waals surface area contributed by atoms with E-state index in [4.69, 9.17) is 5.11 Å². The van der Waals surface area contributed by atoms with Crippen LogP contribution in [0.4, 0.5) is 10.7 Å². The van der Waals surface area contributed by atoms with Crippen molar-refractivity contribution in [3.63, 3.8) is 0 Å². The van der Waals surface area contributed by atoms with Gasteiger partial charge in [0, 0.05) is 0 Å². The van der Waals surface area contributed by atoms with Gasteiger partial charge in [-0.05, 0) is 10.6 Å². The molecule has 1 heterocycles. The van der Waals surface area contributed by atoms with E-state index in [1.807, 2.05) is 0 Å². The van der Waals surface area contributed by atoms with Gasteiger partial charge in [0.2, 0.25) is 0 Å². The van der Waals surface area contributed by atoms with E-state index in [2.05, 4.69) is 26.0 Å². The maximum absolute atomic E-state index is 11.6. The molecule has 1 aromatic rings. The summed E-state index contributed by atoms with van der Waals surface area (Å²) in [6.07, 6.45) is 0. The predicted octanol–water partition coefficient (Wildman–Crippen LogP) is -0.169. The summed E-state index contributed by atoms with van der Waals surface area (Å²) in [6.45, 7) is 5.14. The van der Waals surface area contributed by atoms with Crippen LogP contribution in [-0.2, 0) is 11.8 Å². The predicted molar refractivity (Wildman–Crippen MR) is 61.8 cm³/mol. The Morgan fingerprint density at radius 2 is 2.00 bits per heavy atom. The van der Waals surface area contributed by atoms with Gasteiger partial charge in [-0.15, -0.1) is 5.10 Å². The molecule has 0 saturated carbocycles. The molecule has 0 aromatic carbocycles. The number of hydrogen-bond acceptors (Lipinski definition) is 5. The maximum Gasteiger partial charge on any atom is 0.326 e. The van der Waals surface area contributed by atoms with E-state index in [0.717, 1.165) is 0 Å². The van der Waals surface area contributed by atoms with Crippen molar-refractivity contribution in [2.24, 2.45) is 12.5 Å². The average Bonchev–Trinajstić information content (AvgIpc) is 2.58. The number of urea groups is 1. The monoisotopic (exact) mass is 256 g/mol. The van der Waals surface area contributed by atoms with Crippen LogP contribution in [0.5, 0.6) is 0 Å². The molecule has 0 radical (unpaired) electrons. The fraction of sp³-hybridized carbons (Fsp3) is 0.667. The van der Waals surface area contributed by atoms with Gasteiger partial charge in [-0.3, -0.25) is 5.32 Å². The molecule has 3 N–H and O–H groups in total. The number of nitrogens with zero attached hydrogens (tertiary/aromatic N) is 4. The van der Waals surface area contributed by atoms with Crippen LogP contribution in [0.25, 0.3) is 0 Å². The highest BCUT2D eigenvalue weighted by molar-refractivity contribution is 5.91.